The van der Waals surface area contributed by atoms with Gasteiger partial charge in [0.2, 0.25) is 5.91 Å². The molecule has 0 aliphatic rings. The second-order valence-corrected chi connectivity index (χ2v) is 4.03. The fraction of sp³-hybridized carbons (Fsp3) is 0.400. The van der Waals surface area contributed by atoms with Crippen LogP contribution in [0.4, 0.5) is 0 Å². The number of carbonyl (C=O) groups is 1. The molecule has 0 N–H and O–H groups in total. The van der Waals surface area contributed by atoms with Crippen molar-refractivity contribution in [2.45, 2.75) is 13.8 Å². The van der Waals surface area contributed by atoms with Crippen LogP contribution in [0, 0.1) is 0 Å². The minimum atomic E-state index is -0.0173. The zero-order valence-corrected chi connectivity index (χ0v) is 12.0. The van der Waals surface area contributed by atoms with Gasteiger partial charge >= 0.3 is 0 Å². The SMILES string of the molecule is CCOc1cc(/C=C/C(=O)N(C)CC)ccc1OC. The fourth-order valence-corrected chi connectivity index (χ4v) is 1.52. The number of ether oxygens (including phenoxy) is 2. The Morgan fingerprint density at radius 1 is 1.32 bits per heavy atom. The number of rotatable bonds is 6. The molecule has 1 aromatic rings. The van der Waals surface area contributed by atoms with Gasteiger partial charge in [-0.15, -0.1) is 0 Å². The summed E-state index contributed by atoms with van der Waals surface area (Å²) in [4.78, 5) is 13.3. The summed E-state index contributed by atoms with van der Waals surface area (Å²) in [5.41, 5.74) is 0.905. The summed E-state index contributed by atoms with van der Waals surface area (Å²) in [5, 5.41) is 0. The third-order valence-electron chi connectivity index (χ3n) is 2.76. The van der Waals surface area contributed by atoms with Crippen LogP contribution in [0.2, 0.25) is 0 Å². The van der Waals surface area contributed by atoms with Gasteiger partial charge in [0.15, 0.2) is 11.5 Å². The average Bonchev–Trinajstić information content (AvgIpc) is 2.44. The first-order valence-electron chi connectivity index (χ1n) is 6.36. The highest BCUT2D eigenvalue weighted by atomic mass is 16.5. The van der Waals surface area contributed by atoms with Crippen molar-refractivity contribution in [3.8, 4) is 11.5 Å². The van der Waals surface area contributed by atoms with Crippen LogP contribution in [0.15, 0.2) is 24.3 Å². The average molecular weight is 263 g/mol. The predicted octanol–water partition coefficient (Wildman–Crippen LogP) is 2.59. The molecule has 0 spiro atoms. The van der Waals surface area contributed by atoms with Gasteiger partial charge in [-0.1, -0.05) is 6.07 Å². The van der Waals surface area contributed by atoms with Crippen molar-refractivity contribution in [2.75, 3.05) is 27.3 Å². The Kier molecular flexibility index (Phi) is 5.93. The van der Waals surface area contributed by atoms with E-state index < -0.39 is 0 Å². The lowest BCUT2D eigenvalue weighted by atomic mass is 10.2. The van der Waals surface area contributed by atoms with Gasteiger partial charge in [-0.05, 0) is 37.6 Å². The van der Waals surface area contributed by atoms with Gasteiger partial charge in [0.05, 0.1) is 13.7 Å². The lowest BCUT2D eigenvalue weighted by molar-refractivity contribution is -0.124. The van der Waals surface area contributed by atoms with E-state index in [-0.39, 0.29) is 5.91 Å². The molecule has 104 valence electrons. The minimum Gasteiger partial charge on any atom is -0.493 e. The van der Waals surface area contributed by atoms with E-state index >= 15 is 0 Å². The Labute approximate surface area is 114 Å². The molecular formula is C15H21NO3. The molecule has 0 aromatic heterocycles. The molecule has 0 aliphatic carbocycles. The Morgan fingerprint density at radius 3 is 2.63 bits per heavy atom. The first kappa shape index (κ1) is 15.1. The Bertz CT molecular complexity index is 455. The number of amides is 1. The highest BCUT2D eigenvalue weighted by Gasteiger charge is 2.05. The summed E-state index contributed by atoms with van der Waals surface area (Å²) in [6, 6.07) is 5.58. The molecule has 0 heterocycles. The number of benzene rings is 1. The highest BCUT2D eigenvalue weighted by Crippen LogP contribution is 2.28. The molecule has 0 unspecified atom stereocenters. The summed E-state index contributed by atoms with van der Waals surface area (Å²) >= 11 is 0. The molecular weight excluding hydrogens is 242 g/mol. The summed E-state index contributed by atoms with van der Waals surface area (Å²) in [5.74, 6) is 1.36. The second-order valence-electron chi connectivity index (χ2n) is 4.03. The summed E-state index contributed by atoms with van der Waals surface area (Å²) in [6.45, 7) is 5.12. The van der Waals surface area contributed by atoms with E-state index in [0.717, 1.165) is 5.56 Å². The molecule has 4 heteroatoms. The molecule has 1 rings (SSSR count). The molecule has 4 nitrogen and oxygen atoms in total. The molecule has 0 radical (unpaired) electrons. The van der Waals surface area contributed by atoms with E-state index in [2.05, 4.69) is 0 Å². The van der Waals surface area contributed by atoms with Crippen molar-refractivity contribution in [1.29, 1.82) is 0 Å². The first-order chi connectivity index (χ1) is 9.12. The van der Waals surface area contributed by atoms with E-state index in [1.54, 1.807) is 31.2 Å². The number of methoxy groups -OCH3 is 1. The van der Waals surface area contributed by atoms with Crippen molar-refractivity contribution in [1.82, 2.24) is 4.90 Å². The Morgan fingerprint density at radius 2 is 2.05 bits per heavy atom. The Hall–Kier alpha value is -1.97. The molecule has 19 heavy (non-hydrogen) atoms. The largest absolute Gasteiger partial charge is 0.493 e. The normalized spacial score (nSPS) is 10.5. The topological polar surface area (TPSA) is 38.8 Å². The van der Waals surface area contributed by atoms with Crippen molar-refractivity contribution >= 4 is 12.0 Å². The van der Waals surface area contributed by atoms with Crippen LogP contribution in [0.25, 0.3) is 6.08 Å². The van der Waals surface area contributed by atoms with Crippen LogP contribution in [0.3, 0.4) is 0 Å². The molecule has 0 saturated carbocycles. The third-order valence-corrected chi connectivity index (χ3v) is 2.76. The van der Waals surface area contributed by atoms with Gasteiger partial charge in [0.25, 0.3) is 0 Å². The maximum absolute atomic E-state index is 11.7. The van der Waals surface area contributed by atoms with E-state index in [1.165, 1.54) is 0 Å². The number of likely N-dealkylation sites (N-methyl/N-ethyl adjacent to an activating group) is 1. The number of carbonyl (C=O) groups excluding carboxylic acids is 1. The van der Waals surface area contributed by atoms with Gasteiger partial charge in [-0.3, -0.25) is 4.79 Å². The van der Waals surface area contributed by atoms with Crippen molar-refractivity contribution in [2.24, 2.45) is 0 Å². The van der Waals surface area contributed by atoms with E-state index in [9.17, 15) is 4.79 Å². The van der Waals surface area contributed by atoms with Crippen molar-refractivity contribution in [3.05, 3.63) is 29.8 Å². The smallest absolute Gasteiger partial charge is 0.246 e. The van der Waals surface area contributed by atoms with Gasteiger partial charge < -0.3 is 14.4 Å². The van der Waals surface area contributed by atoms with Crippen LogP contribution in [-0.4, -0.2) is 38.1 Å². The molecule has 1 amide bonds. The van der Waals surface area contributed by atoms with Crippen LogP contribution >= 0.6 is 0 Å². The summed E-state index contributed by atoms with van der Waals surface area (Å²) in [7, 11) is 3.37. The first-order valence-corrected chi connectivity index (χ1v) is 6.36. The zero-order chi connectivity index (χ0) is 14.3. The molecule has 0 atom stereocenters. The van der Waals surface area contributed by atoms with Crippen molar-refractivity contribution in [3.63, 3.8) is 0 Å². The summed E-state index contributed by atoms with van der Waals surface area (Å²) in [6.07, 6.45) is 3.33. The fourth-order valence-electron chi connectivity index (χ4n) is 1.52. The monoisotopic (exact) mass is 263 g/mol. The third kappa shape index (κ3) is 4.32. The van der Waals surface area contributed by atoms with Gasteiger partial charge in [0.1, 0.15) is 0 Å². The molecule has 0 aliphatic heterocycles. The lowest BCUT2D eigenvalue weighted by Gasteiger charge is -2.11. The predicted molar refractivity (Wildman–Crippen MR) is 76.5 cm³/mol. The quantitative estimate of drug-likeness (QED) is 0.740. The van der Waals surface area contributed by atoms with Gasteiger partial charge in [-0.2, -0.15) is 0 Å². The molecule has 0 saturated heterocycles. The number of hydrogen-bond acceptors (Lipinski definition) is 3. The Balaban J connectivity index is 2.87. The number of hydrogen-bond donors (Lipinski definition) is 0. The molecule has 0 fully saturated rings. The molecule has 0 bridgehead atoms. The van der Waals surface area contributed by atoms with Crippen LogP contribution in [0.1, 0.15) is 19.4 Å². The van der Waals surface area contributed by atoms with E-state index in [0.29, 0.717) is 24.7 Å². The van der Waals surface area contributed by atoms with E-state index in [4.69, 9.17) is 9.47 Å². The molecule has 1 aromatic carbocycles. The summed E-state index contributed by atoms with van der Waals surface area (Å²) < 4.78 is 10.7. The minimum absolute atomic E-state index is 0.0173. The van der Waals surface area contributed by atoms with Crippen LogP contribution in [0.5, 0.6) is 11.5 Å². The van der Waals surface area contributed by atoms with Crippen LogP contribution < -0.4 is 9.47 Å². The maximum Gasteiger partial charge on any atom is 0.246 e. The standard InChI is InChI=1S/C15H21NO3/c1-5-16(3)15(17)10-8-12-7-9-13(18-4)14(11-12)19-6-2/h7-11H,5-6H2,1-4H3/b10-8+. The van der Waals surface area contributed by atoms with Gasteiger partial charge in [-0.25, -0.2) is 0 Å². The number of nitrogens with zero attached hydrogens (tertiary/aromatic N) is 1. The van der Waals surface area contributed by atoms with Crippen LogP contribution in [-0.2, 0) is 4.79 Å². The zero-order valence-electron chi connectivity index (χ0n) is 12.0. The second kappa shape index (κ2) is 7.46. The highest BCUT2D eigenvalue weighted by molar-refractivity contribution is 5.91. The lowest BCUT2D eigenvalue weighted by Crippen LogP contribution is -2.23. The van der Waals surface area contributed by atoms with Gasteiger partial charge in [0, 0.05) is 19.7 Å². The van der Waals surface area contributed by atoms with Crippen molar-refractivity contribution < 1.29 is 14.3 Å². The van der Waals surface area contributed by atoms with E-state index in [1.807, 2.05) is 32.0 Å². The maximum atomic E-state index is 11.7.